The zero-order valence-corrected chi connectivity index (χ0v) is 13.1. The van der Waals surface area contributed by atoms with E-state index in [1.54, 1.807) is 6.92 Å². The van der Waals surface area contributed by atoms with Crippen LogP contribution in [0.5, 0.6) is 0 Å². The predicted octanol–water partition coefficient (Wildman–Crippen LogP) is 4.11. The summed E-state index contributed by atoms with van der Waals surface area (Å²) in [6, 6.07) is 0. The van der Waals surface area contributed by atoms with Gasteiger partial charge in [0.2, 0.25) is 0 Å². The zero-order valence-electron chi connectivity index (χ0n) is 12.3. The summed E-state index contributed by atoms with van der Waals surface area (Å²) in [4.78, 5) is 21.9. The molecule has 0 spiro atoms. The number of carbonyl (C=O) groups excluding carboxylic acids is 2. The minimum atomic E-state index is -0.253. The van der Waals surface area contributed by atoms with Crippen LogP contribution >= 0.6 is 11.8 Å². The van der Waals surface area contributed by atoms with Gasteiger partial charge >= 0.3 is 5.97 Å². The standard InChI is InChI=1S/C15H26O3S/c1-4-5-6-7-8-9-10-15(18-13(2)16)11-12-19-14(3)17/h8-9,15H,4-7,10-12H2,1-3H3/b9-8+. The molecular weight excluding hydrogens is 260 g/mol. The monoisotopic (exact) mass is 286 g/mol. The SMILES string of the molecule is CCCCC/C=C/CC(CCSC(C)=O)OC(C)=O. The third-order valence-electron chi connectivity index (χ3n) is 2.62. The lowest BCUT2D eigenvalue weighted by atomic mass is 10.1. The van der Waals surface area contributed by atoms with Crippen molar-refractivity contribution in [3.05, 3.63) is 12.2 Å². The van der Waals surface area contributed by atoms with E-state index in [0.717, 1.165) is 19.3 Å². The lowest BCUT2D eigenvalue weighted by molar-refractivity contribution is -0.146. The van der Waals surface area contributed by atoms with Crippen molar-refractivity contribution in [1.82, 2.24) is 0 Å². The van der Waals surface area contributed by atoms with Gasteiger partial charge in [0, 0.05) is 26.0 Å². The minimum Gasteiger partial charge on any atom is -0.462 e. The molecule has 0 bridgehead atoms. The van der Waals surface area contributed by atoms with Gasteiger partial charge in [-0.05, 0) is 19.3 Å². The number of carbonyl (C=O) groups is 2. The van der Waals surface area contributed by atoms with E-state index < -0.39 is 0 Å². The van der Waals surface area contributed by atoms with E-state index in [-0.39, 0.29) is 17.2 Å². The normalized spacial score (nSPS) is 12.6. The molecule has 4 heteroatoms. The van der Waals surface area contributed by atoms with Crippen LogP contribution in [0.4, 0.5) is 0 Å². The van der Waals surface area contributed by atoms with E-state index in [0.29, 0.717) is 5.75 Å². The molecule has 0 fully saturated rings. The lowest BCUT2D eigenvalue weighted by Crippen LogP contribution is -2.16. The zero-order chi connectivity index (χ0) is 14.5. The fraction of sp³-hybridized carbons (Fsp3) is 0.733. The van der Waals surface area contributed by atoms with Crippen LogP contribution < -0.4 is 0 Å². The molecule has 0 radical (unpaired) electrons. The third-order valence-corrected chi connectivity index (χ3v) is 3.46. The van der Waals surface area contributed by atoms with Crippen LogP contribution in [0.2, 0.25) is 0 Å². The molecule has 0 aliphatic heterocycles. The smallest absolute Gasteiger partial charge is 0.302 e. The van der Waals surface area contributed by atoms with Crippen LogP contribution in [0.15, 0.2) is 12.2 Å². The first-order chi connectivity index (χ1) is 9.06. The van der Waals surface area contributed by atoms with E-state index in [4.69, 9.17) is 4.74 Å². The van der Waals surface area contributed by atoms with Gasteiger partial charge in [-0.3, -0.25) is 9.59 Å². The van der Waals surface area contributed by atoms with Gasteiger partial charge in [-0.15, -0.1) is 0 Å². The number of rotatable bonds is 10. The molecule has 1 atom stereocenters. The molecule has 1 unspecified atom stereocenters. The number of ether oxygens (including phenoxy) is 1. The molecule has 0 aromatic heterocycles. The molecule has 0 amide bonds. The van der Waals surface area contributed by atoms with Gasteiger partial charge in [-0.25, -0.2) is 0 Å². The Kier molecular flexibility index (Phi) is 11.8. The van der Waals surface area contributed by atoms with Gasteiger partial charge in [0.15, 0.2) is 5.12 Å². The van der Waals surface area contributed by atoms with Crippen molar-refractivity contribution >= 4 is 22.8 Å². The first kappa shape index (κ1) is 18.2. The number of esters is 1. The molecule has 0 aromatic carbocycles. The van der Waals surface area contributed by atoms with E-state index in [1.165, 1.54) is 37.9 Å². The van der Waals surface area contributed by atoms with E-state index in [2.05, 4.69) is 19.1 Å². The van der Waals surface area contributed by atoms with Crippen molar-refractivity contribution in [2.24, 2.45) is 0 Å². The molecule has 0 aromatic rings. The van der Waals surface area contributed by atoms with E-state index in [9.17, 15) is 9.59 Å². The highest BCUT2D eigenvalue weighted by Gasteiger charge is 2.10. The van der Waals surface area contributed by atoms with E-state index in [1.807, 2.05) is 0 Å². The summed E-state index contributed by atoms with van der Waals surface area (Å²) in [6.07, 6.45) is 10.4. The van der Waals surface area contributed by atoms with Gasteiger partial charge < -0.3 is 4.74 Å². The van der Waals surface area contributed by atoms with Gasteiger partial charge in [-0.2, -0.15) is 0 Å². The second-order valence-corrected chi connectivity index (χ2v) is 5.83. The lowest BCUT2D eigenvalue weighted by Gasteiger charge is -2.14. The van der Waals surface area contributed by atoms with Crippen molar-refractivity contribution in [1.29, 1.82) is 0 Å². The Hall–Kier alpha value is -0.770. The summed E-state index contributed by atoms with van der Waals surface area (Å²) >= 11 is 1.28. The van der Waals surface area contributed by atoms with Gasteiger partial charge in [0.1, 0.15) is 6.10 Å². The van der Waals surface area contributed by atoms with E-state index >= 15 is 0 Å². The summed E-state index contributed by atoms with van der Waals surface area (Å²) < 4.78 is 5.25. The van der Waals surface area contributed by atoms with Crippen molar-refractivity contribution in [3.8, 4) is 0 Å². The molecule has 3 nitrogen and oxygen atoms in total. The van der Waals surface area contributed by atoms with Crippen molar-refractivity contribution < 1.29 is 14.3 Å². The summed E-state index contributed by atoms with van der Waals surface area (Å²) in [5.74, 6) is 0.453. The summed E-state index contributed by atoms with van der Waals surface area (Å²) in [5.41, 5.74) is 0. The number of hydrogen-bond acceptors (Lipinski definition) is 4. The number of allylic oxidation sites excluding steroid dienone is 1. The first-order valence-electron chi connectivity index (χ1n) is 7.01. The van der Waals surface area contributed by atoms with Crippen molar-refractivity contribution in [3.63, 3.8) is 0 Å². The third kappa shape index (κ3) is 13.5. The highest BCUT2D eigenvalue weighted by atomic mass is 32.2. The molecule has 110 valence electrons. The Labute approximate surface area is 121 Å². The maximum atomic E-state index is 11.0. The van der Waals surface area contributed by atoms with Gasteiger partial charge in [0.25, 0.3) is 0 Å². The fourth-order valence-corrected chi connectivity index (χ4v) is 2.34. The number of thioether (sulfide) groups is 1. The number of unbranched alkanes of at least 4 members (excludes halogenated alkanes) is 3. The van der Waals surface area contributed by atoms with Crippen molar-refractivity contribution in [2.45, 2.75) is 65.4 Å². The molecule has 0 aliphatic carbocycles. The second kappa shape index (κ2) is 12.3. The maximum Gasteiger partial charge on any atom is 0.302 e. The highest BCUT2D eigenvalue weighted by molar-refractivity contribution is 8.13. The Morgan fingerprint density at radius 2 is 1.95 bits per heavy atom. The highest BCUT2D eigenvalue weighted by Crippen LogP contribution is 2.12. The molecular formula is C15H26O3S. The quantitative estimate of drug-likeness (QED) is 0.344. The Morgan fingerprint density at radius 1 is 1.21 bits per heavy atom. The van der Waals surface area contributed by atoms with Crippen molar-refractivity contribution in [2.75, 3.05) is 5.75 Å². The molecule has 0 heterocycles. The second-order valence-electron chi connectivity index (χ2n) is 4.56. The van der Waals surface area contributed by atoms with Crippen LogP contribution in [0.25, 0.3) is 0 Å². The van der Waals surface area contributed by atoms with Crippen LogP contribution in [0.3, 0.4) is 0 Å². The molecule has 0 saturated carbocycles. The topological polar surface area (TPSA) is 43.4 Å². The average molecular weight is 286 g/mol. The average Bonchev–Trinajstić information content (AvgIpc) is 2.32. The Morgan fingerprint density at radius 3 is 2.53 bits per heavy atom. The molecule has 0 rings (SSSR count). The maximum absolute atomic E-state index is 11.0. The minimum absolute atomic E-state index is 0.105. The first-order valence-corrected chi connectivity index (χ1v) is 8.00. The summed E-state index contributed by atoms with van der Waals surface area (Å²) in [6.45, 7) is 5.17. The van der Waals surface area contributed by atoms with Crippen LogP contribution in [-0.4, -0.2) is 22.9 Å². The Balaban J connectivity index is 3.91. The van der Waals surface area contributed by atoms with Crippen LogP contribution in [-0.2, 0) is 14.3 Å². The molecule has 0 aliphatic rings. The fourth-order valence-electron chi connectivity index (χ4n) is 1.67. The summed E-state index contributed by atoms with van der Waals surface area (Å²) in [5, 5.41) is 0.108. The van der Waals surface area contributed by atoms with Crippen LogP contribution in [0.1, 0.15) is 59.3 Å². The molecule has 0 N–H and O–H groups in total. The summed E-state index contributed by atoms with van der Waals surface area (Å²) in [7, 11) is 0. The van der Waals surface area contributed by atoms with Crippen LogP contribution in [0, 0.1) is 0 Å². The van der Waals surface area contributed by atoms with Gasteiger partial charge in [0.05, 0.1) is 0 Å². The predicted molar refractivity (Wildman–Crippen MR) is 81.2 cm³/mol. The Bertz CT molecular complexity index is 287. The number of hydrogen-bond donors (Lipinski definition) is 0. The van der Waals surface area contributed by atoms with Gasteiger partial charge in [-0.1, -0.05) is 43.7 Å². The molecule has 19 heavy (non-hydrogen) atoms. The molecule has 0 saturated heterocycles. The largest absolute Gasteiger partial charge is 0.462 e.